The zero-order valence-electron chi connectivity index (χ0n) is 12.5. The summed E-state index contributed by atoms with van der Waals surface area (Å²) >= 11 is 0. The van der Waals surface area contributed by atoms with Gasteiger partial charge in [0, 0.05) is 12.2 Å². The maximum atomic E-state index is 12.5. The lowest BCUT2D eigenvalue weighted by molar-refractivity contribution is -0.132. The number of aldehydes is 1. The van der Waals surface area contributed by atoms with Crippen LogP contribution in [0.25, 0.3) is 0 Å². The van der Waals surface area contributed by atoms with Crippen LogP contribution in [0.1, 0.15) is 51.9 Å². The van der Waals surface area contributed by atoms with Crippen LogP contribution in [0.3, 0.4) is 0 Å². The summed E-state index contributed by atoms with van der Waals surface area (Å²) in [5.41, 5.74) is 1.18. The van der Waals surface area contributed by atoms with Gasteiger partial charge in [-0.3, -0.25) is 9.69 Å². The summed E-state index contributed by atoms with van der Waals surface area (Å²) in [5, 5.41) is 0. The molecule has 1 atom stereocenters. The molecule has 4 nitrogen and oxygen atoms in total. The van der Waals surface area contributed by atoms with E-state index in [1.54, 1.807) is 0 Å². The molecule has 1 aliphatic heterocycles. The molecule has 0 radical (unpaired) electrons. The SMILES string of the molecule is CCN(C(=O)CN1CCCCC1C=O)C1=CCCCC1. The summed E-state index contributed by atoms with van der Waals surface area (Å²) in [7, 11) is 0. The summed E-state index contributed by atoms with van der Waals surface area (Å²) in [5.74, 6) is 0.148. The average molecular weight is 278 g/mol. The van der Waals surface area contributed by atoms with E-state index in [2.05, 4.69) is 6.08 Å². The Morgan fingerprint density at radius 1 is 1.40 bits per heavy atom. The van der Waals surface area contributed by atoms with Gasteiger partial charge in [0.1, 0.15) is 6.29 Å². The van der Waals surface area contributed by atoms with Crippen LogP contribution in [0, 0.1) is 0 Å². The molecule has 1 aliphatic carbocycles. The van der Waals surface area contributed by atoms with Crippen LogP contribution in [0.5, 0.6) is 0 Å². The highest BCUT2D eigenvalue weighted by atomic mass is 16.2. The van der Waals surface area contributed by atoms with E-state index in [0.717, 1.165) is 51.5 Å². The van der Waals surface area contributed by atoms with Crippen LogP contribution in [0.15, 0.2) is 11.8 Å². The van der Waals surface area contributed by atoms with Gasteiger partial charge in [0.2, 0.25) is 5.91 Å². The number of rotatable bonds is 5. The number of nitrogens with zero attached hydrogens (tertiary/aromatic N) is 2. The molecule has 1 saturated heterocycles. The van der Waals surface area contributed by atoms with Crippen molar-refractivity contribution in [1.82, 2.24) is 9.80 Å². The first-order chi connectivity index (χ1) is 9.76. The number of likely N-dealkylation sites (N-methyl/N-ethyl adjacent to an activating group) is 1. The molecule has 1 heterocycles. The second kappa shape index (κ2) is 7.58. The fourth-order valence-electron chi connectivity index (χ4n) is 3.23. The number of likely N-dealkylation sites (tertiary alicyclic amines) is 1. The Morgan fingerprint density at radius 3 is 2.90 bits per heavy atom. The monoisotopic (exact) mass is 278 g/mol. The van der Waals surface area contributed by atoms with Gasteiger partial charge in [-0.25, -0.2) is 0 Å². The van der Waals surface area contributed by atoms with Crippen LogP contribution >= 0.6 is 0 Å². The molecule has 2 aliphatic rings. The second-order valence-electron chi connectivity index (χ2n) is 5.75. The van der Waals surface area contributed by atoms with Crippen molar-refractivity contribution in [3.05, 3.63) is 11.8 Å². The van der Waals surface area contributed by atoms with Crippen LogP contribution in [0.4, 0.5) is 0 Å². The van der Waals surface area contributed by atoms with E-state index >= 15 is 0 Å². The van der Waals surface area contributed by atoms with Gasteiger partial charge in [-0.1, -0.05) is 12.5 Å². The minimum absolute atomic E-state index is 0.0632. The second-order valence-corrected chi connectivity index (χ2v) is 5.75. The molecule has 0 spiro atoms. The Morgan fingerprint density at radius 2 is 2.25 bits per heavy atom. The smallest absolute Gasteiger partial charge is 0.240 e. The predicted octanol–water partition coefficient (Wildman–Crippen LogP) is 2.35. The third kappa shape index (κ3) is 3.69. The van der Waals surface area contributed by atoms with Gasteiger partial charge < -0.3 is 9.69 Å². The maximum Gasteiger partial charge on any atom is 0.240 e. The Bertz CT molecular complexity index is 379. The van der Waals surface area contributed by atoms with E-state index in [-0.39, 0.29) is 11.9 Å². The zero-order valence-corrected chi connectivity index (χ0v) is 12.5. The molecular formula is C16H26N2O2. The number of hydrogen-bond acceptors (Lipinski definition) is 3. The molecule has 2 rings (SSSR count). The first-order valence-electron chi connectivity index (χ1n) is 7.95. The van der Waals surface area contributed by atoms with Gasteiger partial charge in [0.15, 0.2) is 0 Å². The van der Waals surface area contributed by atoms with Gasteiger partial charge in [0.25, 0.3) is 0 Å². The number of carbonyl (C=O) groups excluding carboxylic acids is 2. The number of allylic oxidation sites excluding steroid dienone is 2. The first-order valence-corrected chi connectivity index (χ1v) is 7.95. The summed E-state index contributed by atoms with van der Waals surface area (Å²) in [6.07, 6.45) is 10.8. The molecule has 0 bridgehead atoms. The van der Waals surface area contributed by atoms with Crippen molar-refractivity contribution in [2.24, 2.45) is 0 Å². The normalized spacial score (nSPS) is 24.1. The molecule has 112 valence electrons. The molecule has 1 amide bonds. The van der Waals surface area contributed by atoms with Gasteiger partial charge in [-0.05, 0) is 52.0 Å². The molecule has 0 aromatic rings. The predicted molar refractivity (Wildman–Crippen MR) is 79.2 cm³/mol. The van der Waals surface area contributed by atoms with Gasteiger partial charge in [0.05, 0.1) is 12.6 Å². The van der Waals surface area contributed by atoms with Gasteiger partial charge >= 0.3 is 0 Å². The summed E-state index contributed by atoms with van der Waals surface area (Å²) in [4.78, 5) is 27.6. The van der Waals surface area contributed by atoms with Crippen molar-refractivity contribution in [3.63, 3.8) is 0 Å². The lowest BCUT2D eigenvalue weighted by Crippen LogP contribution is -2.47. The van der Waals surface area contributed by atoms with Crippen molar-refractivity contribution in [2.75, 3.05) is 19.6 Å². The molecule has 20 heavy (non-hydrogen) atoms. The summed E-state index contributed by atoms with van der Waals surface area (Å²) < 4.78 is 0. The molecule has 0 aromatic carbocycles. The molecule has 0 aromatic heterocycles. The van der Waals surface area contributed by atoms with Crippen LogP contribution in [-0.2, 0) is 9.59 Å². The number of piperidine rings is 1. The van der Waals surface area contributed by atoms with Crippen molar-refractivity contribution in [2.45, 2.75) is 57.9 Å². The van der Waals surface area contributed by atoms with Crippen LogP contribution in [-0.4, -0.2) is 47.7 Å². The minimum atomic E-state index is -0.0632. The quantitative estimate of drug-likeness (QED) is 0.725. The molecule has 0 N–H and O–H groups in total. The fourth-order valence-corrected chi connectivity index (χ4v) is 3.23. The Balaban J connectivity index is 1.97. The molecule has 0 saturated carbocycles. The minimum Gasteiger partial charge on any atom is -0.316 e. The van der Waals surface area contributed by atoms with Crippen LogP contribution in [0.2, 0.25) is 0 Å². The lowest BCUT2D eigenvalue weighted by Gasteiger charge is -2.34. The average Bonchev–Trinajstić information content (AvgIpc) is 2.49. The van der Waals surface area contributed by atoms with E-state index in [0.29, 0.717) is 6.54 Å². The highest BCUT2D eigenvalue weighted by molar-refractivity contribution is 5.80. The Kier molecular flexibility index (Phi) is 5.77. The van der Waals surface area contributed by atoms with Gasteiger partial charge in [-0.2, -0.15) is 0 Å². The van der Waals surface area contributed by atoms with Gasteiger partial charge in [-0.15, -0.1) is 0 Å². The Labute approximate surface area is 121 Å². The van der Waals surface area contributed by atoms with Crippen molar-refractivity contribution in [3.8, 4) is 0 Å². The van der Waals surface area contributed by atoms with Crippen molar-refractivity contribution >= 4 is 12.2 Å². The summed E-state index contributed by atoms with van der Waals surface area (Å²) in [6, 6.07) is -0.0632. The lowest BCUT2D eigenvalue weighted by atomic mass is 10.0. The topological polar surface area (TPSA) is 40.6 Å². The number of amides is 1. The van der Waals surface area contributed by atoms with E-state index in [1.165, 1.54) is 18.5 Å². The highest BCUT2D eigenvalue weighted by Gasteiger charge is 2.26. The third-order valence-electron chi connectivity index (χ3n) is 4.39. The molecular weight excluding hydrogens is 252 g/mol. The molecule has 1 unspecified atom stereocenters. The Hall–Kier alpha value is -1.16. The molecule has 1 fully saturated rings. The van der Waals surface area contributed by atoms with Crippen molar-refractivity contribution in [1.29, 1.82) is 0 Å². The van der Waals surface area contributed by atoms with E-state index in [4.69, 9.17) is 0 Å². The van der Waals surface area contributed by atoms with E-state index < -0.39 is 0 Å². The standard InChI is InChI=1S/C16H26N2O2/c1-2-18(14-8-4-3-5-9-14)16(20)12-17-11-7-6-10-15(17)13-19/h8,13,15H,2-7,9-12H2,1H3. The largest absolute Gasteiger partial charge is 0.316 e. The van der Waals surface area contributed by atoms with Crippen molar-refractivity contribution < 1.29 is 9.59 Å². The maximum absolute atomic E-state index is 12.5. The van der Waals surface area contributed by atoms with E-state index in [1.807, 2.05) is 16.7 Å². The zero-order chi connectivity index (χ0) is 14.4. The fraction of sp³-hybridized carbons (Fsp3) is 0.750. The third-order valence-corrected chi connectivity index (χ3v) is 4.39. The van der Waals surface area contributed by atoms with Crippen LogP contribution < -0.4 is 0 Å². The van der Waals surface area contributed by atoms with E-state index in [9.17, 15) is 9.59 Å². The summed E-state index contributed by atoms with van der Waals surface area (Å²) in [6.45, 7) is 4.01. The first kappa shape index (κ1) is 15.2. The highest BCUT2D eigenvalue weighted by Crippen LogP contribution is 2.22. The number of carbonyl (C=O) groups is 2. The number of hydrogen-bond donors (Lipinski definition) is 0. The molecule has 4 heteroatoms.